The number of aromatic nitrogens is 2. The van der Waals surface area contributed by atoms with Gasteiger partial charge in [-0.15, -0.1) is 11.3 Å². The molecule has 0 aliphatic rings. The third kappa shape index (κ3) is 2.82. The summed E-state index contributed by atoms with van der Waals surface area (Å²) >= 11 is 2.49. The number of thioether (sulfide) groups is 1. The van der Waals surface area contributed by atoms with Crippen LogP contribution in [-0.2, 0) is 4.79 Å². The van der Waals surface area contributed by atoms with Gasteiger partial charge in [0.1, 0.15) is 4.83 Å². The zero-order valence-corrected chi connectivity index (χ0v) is 13.9. The van der Waals surface area contributed by atoms with E-state index in [0.717, 1.165) is 32.4 Å². The van der Waals surface area contributed by atoms with Crippen molar-refractivity contribution in [1.82, 2.24) is 9.66 Å². The SMILES string of the molecule is Cc1sc2nc(SCC(N)=O)n(N)c(=O)c2c1-c1ccccc1. The lowest BCUT2D eigenvalue weighted by Crippen LogP contribution is -2.30. The number of rotatable bonds is 4. The molecule has 0 atom stereocenters. The minimum Gasteiger partial charge on any atom is -0.369 e. The molecular formula is C15H14N4O2S2. The molecule has 0 saturated heterocycles. The van der Waals surface area contributed by atoms with Crippen LogP contribution >= 0.6 is 23.1 Å². The second-order valence-electron chi connectivity index (χ2n) is 4.90. The minimum atomic E-state index is -0.489. The number of aryl methyl sites for hydroxylation is 1. The number of nitrogens with zero attached hydrogens (tertiary/aromatic N) is 2. The Morgan fingerprint density at radius 1 is 1.35 bits per heavy atom. The summed E-state index contributed by atoms with van der Waals surface area (Å²) in [6.07, 6.45) is 0. The van der Waals surface area contributed by atoms with Crippen LogP contribution in [0.2, 0.25) is 0 Å². The molecular weight excluding hydrogens is 332 g/mol. The van der Waals surface area contributed by atoms with Crippen LogP contribution in [0, 0.1) is 6.92 Å². The fourth-order valence-electron chi connectivity index (χ4n) is 2.35. The molecule has 3 aromatic rings. The van der Waals surface area contributed by atoms with Crippen LogP contribution < -0.4 is 17.1 Å². The Hall–Kier alpha value is -2.32. The third-order valence-electron chi connectivity index (χ3n) is 3.31. The van der Waals surface area contributed by atoms with Crippen molar-refractivity contribution in [2.24, 2.45) is 5.73 Å². The smallest absolute Gasteiger partial charge is 0.282 e. The van der Waals surface area contributed by atoms with Crippen molar-refractivity contribution in [2.45, 2.75) is 12.1 Å². The second-order valence-corrected chi connectivity index (χ2v) is 7.05. The van der Waals surface area contributed by atoms with E-state index in [-0.39, 0.29) is 16.5 Å². The van der Waals surface area contributed by atoms with Gasteiger partial charge in [-0.05, 0) is 12.5 Å². The molecule has 3 rings (SSSR count). The topological polar surface area (TPSA) is 104 Å². The largest absolute Gasteiger partial charge is 0.369 e. The summed E-state index contributed by atoms with van der Waals surface area (Å²) in [5.41, 5.74) is 6.61. The number of fused-ring (bicyclic) bond motifs is 1. The number of carbonyl (C=O) groups excluding carboxylic acids is 1. The van der Waals surface area contributed by atoms with Crippen LogP contribution in [0.1, 0.15) is 4.88 Å². The van der Waals surface area contributed by atoms with Crippen LogP contribution in [0.15, 0.2) is 40.3 Å². The van der Waals surface area contributed by atoms with Crippen LogP contribution in [0.4, 0.5) is 0 Å². The van der Waals surface area contributed by atoms with Gasteiger partial charge in [-0.2, -0.15) is 0 Å². The van der Waals surface area contributed by atoms with E-state index in [9.17, 15) is 9.59 Å². The predicted octanol–water partition coefficient (Wildman–Crippen LogP) is 1.72. The van der Waals surface area contributed by atoms with Gasteiger partial charge in [0, 0.05) is 10.4 Å². The van der Waals surface area contributed by atoms with E-state index >= 15 is 0 Å². The van der Waals surface area contributed by atoms with Crippen molar-refractivity contribution >= 4 is 39.2 Å². The van der Waals surface area contributed by atoms with E-state index < -0.39 is 5.91 Å². The lowest BCUT2D eigenvalue weighted by molar-refractivity contribution is -0.115. The lowest BCUT2D eigenvalue weighted by Gasteiger charge is -2.06. The molecule has 0 radical (unpaired) electrons. The van der Waals surface area contributed by atoms with Gasteiger partial charge < -0.3 is 11.6 Å². The van der Waals surface area contributed by atoms with Gasteiger partial charge in [-0.3, -0.25) is 9.59 Å². The fraction of sp³-hybridized carbons (Fsp3) is 0.133. The molecule has 0 bridgehead atoms. The summed E-state index contributed by atoms with van der Waals surface area (Å²) in [6.45, 7) is 1.95. The Balaban J connectivity index is 2.22. The standard InChI is InChI=1S/C15H14N4O2S2/c1-8-11(9-5-3-2-4-6-9)12-13(23-8)18-15(19(17)14(12)21)22-7-10(16)20/h2-6H,7,17H2,1H3,(H2,16,20). The van der Waals surface area contributed by atoms with E-state index in [1.165, 1.54) is 11.3 Å². The number of primary amides is 1. The Bertz CT molecular complexity index is 948. The van der Waals surface area contributed by atoms with Gasteiger partial charge in [0.15, 0.2) is 5.16 Å². The highest BCUT2D eigenvalue weighted by atomic mass is 32.2. The number of thiophene rings is 1. The molecule has 118 valence electrons. The number of nitrogens with two attached hydrogens (primary N) is 2. The zero-order valence-electron chi connectivity index (χ0n) is 12.3. The highest BCUT2D eigenvalue weighted by Gasteiger charge is 2.19. The van der Waals surface area contributed by atoms with E-state index in [0.29, 0.717) is 10.2 Å². The Labute approximate surface area is 140 Å². The Morgan fingerprint density at radius 3 is 2.70 bits per heavy atom. The molecule has 0 aliphatic heterocycles. The molecule has 8 heteroatoms. The van der Waals surface area contributed by atoms with Gasteiger partial charge in [-0.25, -0.2) is 9.66 Å². The summed E-state index contributed by atoms with van der Waals surface area (Å²) in [6, 6.07) is 9.66. The summed E-state index contributed by atoms with van der Waals surface area (Å²) in [5.74, 6) is 5.39. The van der Waals surface area contributed by atoms with Crippen LogP contribution in [-0.4, -0.2) is 21.3 Å². The zero-order chi connectivity index (χ0) is 16.6. The predicted molar refractivity (Wildman–Crippen MR) is 94.1 cm³/mol. The first-order chi connectivity index (χ1) is 11.0. The molecule has 4 N–H and O–H groups in total. The maximum atomic E-state index is 12.7. The van der Waals surface area contributed by atoms with Crippen LogP contribution in [0.25, 0.3) is 21.3 Å². The molecule has 1 amide bonds. The fourth-order valence-corrected chi connectivity index (χ4v) is 4.09. The molecule has 2 aromatic heterocycles. The van der Waals surface area contributed by atoms with E-state index in [2.05, 4.69) is 4.98 Å². The molecule has 1 aromatic carbocycles. The number of hydrogen-bond acceptors (Lipinski definition) is 6. The molecule has 23 heavy (non-hydrogen) atoms. The number of carbonyl (C=O) groups is 1. The first kappa shape index (κ1) is 15.6. The molecule has 0 fully saturated rings. The number of amides is 1. The molecule has 0 aliphatic carbocycles. The molecule has 0 saturated carbocycles. The van der Waals surface area contributed by atoms with Crippen molar-refractivity contribution in [3.8, 4) is 11.1 Å². The lowest BCUT2D eigenvalue weighted by atomic mass is 10.0. The van der Waals surface area contributed by atoms with E-state index in [1.807, 2.05) is 37.3 Å². The normalized spacial score (nSPS) is 11.0. The van der Waals surface area contributed by atoms with Crippen LogP contribution in [0.5, 0.6) is 0 Å². The highest BCUT2D eigenvalue weighted by Crippen LogP contribution is 2.36. The first-order valence-corrected chi connectivity index (χ1v) is 8.57. The van der Waals surface area contributed by atoms with Crippen LogP contribution in [0.3, 0.4) is 0 Å². The van der Waals surface area contributed by atoms with Gasteiger partial charge in [0.2, 0.25) is 5.91 Å². The maximum Gasteiger partial charge on any atom is 0.282 e. The minimum absolute atomic E-state index is 0.0189. The number of nitrogen functional groups attached to an aromatic ring is 1. The summed E-state index contributed by atoms with van der Waals surface area (Å²) in [4.78, 5) is 29.6. The quantitative estimate of drug-likeness (QED) is 0.425. The van der Waals surface area contributed by atoms with Crippen molar-refractivity contribution in [2.75, 3.05) is 11.6 Å². The summed E-state index contributed by atoms with van der Waals surface area (Å²) in [5, 5.41) is 0.784. The number of hydrogen-bond donors (Lipinski definition) is 2. The first-order valence-electron chi connectivity index (χ1n) is 6.76. The van der Waals surface area contributed by atoms with E-state index in [4.69, 9.17) is 11.6 Å². The maximum absolute atomic E-state index is 12.7. The van der Waals surface area contributed by atoms with Gasteiger partial charge in [0.25, 0.3) is 5.56 Å². The average Bonchev–Trinajstić information content (AvgIpc) is 2.86. The van der Waals surface area contributed by atoms with Gasteiger partial charge in [0.05, 0.1) is 11.1 Å². The van der Waals surface area contributed by atoms with Crippen molar-refractivity contribution in [1.29, 1.82) is 0 Å². The van der Waals surface area contributed by atoms with Crippen molar-refractivity contribution < 1.29 is 4.79 Å². The van der Waals surface area contributed by atoms with Gasteiger partial charge >= 0.3 is 0 Å². The molecule has 6 nitrogen and oxygen atoms in total. The summed E-state index contributed by atoms with van der Waals surface area (Å²) in [7, 11) is 0. The Kier molecular flexibility index (Phi) is 4.10. The highest BCUT2D eigenvalue weighted by molar-refractivity contribution is 7.99. The van der Waals surface area contributed by atoms with Gasteiger partial charge in [-0.1, -0.05) is 42.1 Å². The van der Waals surface area contributed by atoms with Crippen molar-refractivity contribution in [3.05, 3.63) is 45.6 Å². The number of benzene rings is 1. The molecule has 0 unspecified atom stereocenters. The molecule has 2 heterocycles. The summed E-state index contributed by atoms with van der Waals surface area (Å²) < 4.78 is 0.981. The average molecular weight is 346 g/mol. The molecule has 0 spiro atoms. The Morgan fingerprint density at radius 2 is 2.04 bits per heavy atom. The van der Waals surface area contributed by atoms with E-state index in [1.54, 1.807) is 0 Å². The third-order valence-corrected chi connectivity index (χ3v) is 5.28. The monoisotopic (exact) mass is 346 g/mol. The van der Waals surface area contributed by atoms with Crippen molar-refractivity contribution in [3.63, 3.8) is 0 Å². The second kappa shape index (κ2) is 6.05.